The van der Waals surface area contributed by atoms with Crippen molar-refractivity contribution in [3.8, 4) is 0 Å². The zero-order valence-electron chi connectivity index (χ0n) is 4.43. The van der Waals surface area contributed by atoms with E-state index in [0.29, 0.717) is 0 Å². The molecule has 0 saturated heterocycles. The minimum absolute atomic E-state index is 0.323. The zero-order valence-corrected chi connectivity index (χ0v) is 4.43. The van der Waals surface area contributed by atoms with Crippen molar-refractivity contribution in [2.45, 2.75) is 30.1 Å². The third-order valence-corrected chi connectivity index (χ3v) is 2.37. The second-order valence-corrected chi connectivity index (χ2v) is 2.68. The fraction of sp³-hybridized carbons (Fsp3) is 1.00. The molecule has 0 aromatic rings. The highest BCUT2D eigenvalue weighted by Gasteiger charge is 3.00. The number of hydrogen-bond donors (Lipinski definition) is 0. The summed E-state index contributed by atoms with van der Waals surface area (Å²) in [5.74, 6) is -3.68. The first-order valence-electron chi connectivity index (χ1n) is 2.71. The SMILES string of the molecule is FC1(F)C2(F)CCC12F. The highest BCUT2D eigenvalue weighted by atomic mass is 19.3. The first kappa shape index (κ1) is 5.50. The first-order chi connectivity index (χ1) is 3.96. The Kier molecular flexibility index (Phi) is 0.548. The van der Waals surface area contributed by atoms with Crippen LogP contribution < -0.4 is 0 Å². The maximum absolute atomic E-state index is 12.3. The number of hydrogen-bond acceptors (Lipinski definition) is 0. The lowest BCUT2D eigenvalue weighted by Gasteiger charge is -2.16. The minimum Gasteiger partial charge on any atom is -0.233 e. The Labute approximate surface area is 48.8 Å². The largest absolute Gasteiger partial charge is 0.321 e. The van der Waals surface area contributed by atoms with Gasteiger partial charge >= 0.3 is 5.92 Å². The Balaban J connectivity index is 2.38. The zero-order chi connectivity index (χ0) is 6.91. The van der Waals surface area contributed by atoms with Crippen molar-refractivity contribution < 1.29 is 17.6 Å². The molecule has 52 valence electrons. The Morgan fingerprint density at radius 1 is 0.778 bits per heavy atom. The molecule has 2 saturated carbocycles. The Bertz CT molecular complexity index is 141. The average Bonchev–Trinajstić information content (AvgIpc) is 1.96. The Morgan fingerprint density at radius 2 is 1.11 bits per heavy atom. The Morgan fingerprint density at radius 3 is 1.11 bits per heavy atom. The van der Waals surface area contributed by atoms with E-state index in [0.717, 1.165) is 0 Å². The van der Waals surface area contributed by atoms with Crippen molar-refractivity contribution in [2.24, 2.45) is 0 Å². The molecule has 0 amide bonds. The molecule has 0 heterocycles. The normalized spacial score (nSPS) is 60.0. The van der Waals surface area contributed by atoms with Crippen LogP contribution in [0.5, 0.6) is 0 Å². The van der Waals surface area contributed by atoms with E-state index < -0.39 is 17.3 Å². The second-order valence-electron chi connectivity index (χ2n) is 2.68. The van der Waals surface area contributed by atoms with Crippen molar-refractivity contribution in [3.05, 3.63) is 0 Å². The average molecular weight is 140 g/mol. The van der Waals surface area contributed by atoms with Crippen molar-refractivity contribution >= 4 is 0 Å². The standard InChI is InChI=1S/C5H4F4/c6-3-1-2-4(3,7)5(3,8)9/h1-2H2. The molecule has 0 nitrogen and oxygen atoms in total. The monoisotopic (exact) mass is 140 g/mol. The van der Waals surface area contributed by atoms with Gasteiger partial charge in [-0.25, -0.2) is 8.78 Å². The van der Waals surface area contributed by atoms with Crippen LogP contribution in [0.1, 0.15) is 12.8 Å². The molecule has 4 heteroatoms. The summed E-state index contributed by atoms with van der Waals surface area (Å²) in [4.78, 5) is 0. The summed E-state index contributed by atoms with van der Waals surface area (Å²) < 4.78 is 48.6. The molecule has 2 atom stereocenters. The van der Waals surface area contributed by atoms with E-state index in [1.807, 2.05) is 0 Å². The predicted octanol–water partition coefficient (Wildman–Crippen LogP) is 1.85. The van der Waals surface area contributed by atoms with Crippen LogP contribution in [0.3, 0.4) is 0 Å². The molecular formula is C5H4F4. The predicted molar refractivity (Wildman–Crippen MR) is 21.9 cm³/mol. The molecule has 0 radical (unpaired) electrons. The van der Waals surface area contributed by atoms with E-state index in [-0.39, 0.29) is 12.8 Å². The molecule has 0 aliphatic heterocycles. The van der Waals surface area contributed by atoms with Crippen LogP contribution in [0.4, 0.5) is 17.6 Å². The van der Waals surface area contributed by atoms with E-state index in [1.54, 1.807) is 0 Å². The van der Waals surface area contributed by atoms with E-state index in [1.165, 1.54) is 0 Å². The van der Waals surface area contributed by atoms with Gasteiger partial charge in [0.1, 0.15) is 0 Å². The first-order valence-corrected chi connectivity index (χ1v) is 2.71. The van der Waals surface area contributed by atoms with E-state index in [9.17, 15) is 17.6 Å². The summed E-state index contributed by atoms with van der Waals surface area (Å²) in [6.45, 7) is 0. The molecule has 2 aliphatic rings. The lowest BCUT2D eigenvalue weighted by atomic mass is 9.96. The molecule has 2 unspecified atom stereocenters. The summed E-state index contributed by atoms with van der Waals surface area (Å²) in [6.07, 6.45) is -0.646. The van der Waals surface area contributed by atoms with Crippen LogP contribution in [0.25, 0.3) is 0 Å². The van der Waals surface area contributed by atoms with Gasteiger partial charge in [-0.05, 0) is 12.8 Å². The molecule has 9 heavy (non-hydrogen) atoms. The maximum Gasteiger partial charge on any atom is 0.321 e. The summed E-state index contributed by atoms with van der Waals surface area (Å²) in [5, 5.41) is 0. The summed E-state index contributed by atoms with van der Waals surface area (Å²) in [6, 6.07) is 0. The van der Waals surface area contributed by atoms with Gasteiger partial charge in [-0.3, -0.25) is 0 Å². The lowest BCUT2D eigenvalue weighted by molar-refractivity contribution is 0.0430. The van der Waals surface area contributed by atoms with E-state index in [4.69, 9.17) is 0 Å². The molecule has 2 fully saturated rings. The topological polar surface area (TPSA) is 0 Å². The number of rotatable bonds is 0. The molecule has 0 N–H and O–H groups in total. The van der Waals surface area contributed by atoms with Crippen LogP contribution in [-0.4, -0.2) is 17.3 Å². The molecule has 0 aromatic heterocycles. The van der Waals surface area contributed by atoms with Crippen LogP contribution in [0.2, 0.25) is 0 Å². The van der Waals surface area contributed by atoms with E-state index in [2.05, 4.69) is 0 Å². The van der Waals surface area contributed by atoms with Gasteiger partial charge in [0, 0.05) is 0 Å². The molecule has 2 aliphatic carbocycles. The van der Waals surface area contributed by atoms with Gasteiger partial charge in [0.2, 0.25) is 11.3 Å². The molecule has 0 spiro atoms. The van der Waals surface area contributed by atoms with Gasteiger partial charge in [-0.15, -0.1) is 0 Å². The van der Waals surface area contributed by atoms with Gasteiger partial charge in [-0.1, -0.05) is 0 Å². The van der Waals surface area contributed by atoms with Gasteiger partial charge in [0.15, 0.2) is 0 Å². The fourth-order valence-electron chi connectivity index (χ4n) is 1.41. The summed E-state index contributed by atoms with van der Waals surface area (Å²) in [7, 11) is 0. The molecule has 2 rings (SSSR count). The minimum atomic E-state index is -3.68. The molecule has 0 bridgehead atoms. The van der Waals surface area contributed by atoms with Gasteiger partial charge < -0.3 is 0 Å². The summed E-state index contributed by atoms with van der Waals surface area (Å²) in [5.41, 5.74) is -5.56. The van der Waals surface area contributed by atoms with Gasteiger partial charge in [0.05, 0.1) is 0 Å². The lowest BCUT2D eigenvalue weighted by Crippen LogP contribution is -2.28. The van der Waals surface area contributed by atoms with E-state index >= 15 is 0 Å². The van der Waals surface area contributed by atoms with Crippen molar-refractivity contribution in [1.29, 1.82) is 0 Å². The number of alkyl halides is 4. The van der Waals surface area contributed by atoms with Crippen LogP contribution in [-0.2, 0) is 0 Å². The molecule has 0 aromatic carbocycles. The van der Waals surface area contributed by atoms with Crippen LogP contribution in [0, 0.1) is 0 Å². The second kappa shape index (κ2) is 0.896. The summed E-state index contributed by atoms with van der Waals surface area (Å²) >= 11 is 0. The smallest absolute Gasteiger partial charge is 0.233 e. The highest BCUT2D eigenvalue weighted by Crippen LogP contribution is 2.78. The van der Waals surface area contributed by atoms with Gasteiger partial charge in [-0.2, -0.15) is 8.78 Å². The highest BCUT2D eigenvalue weighted by molar-refractivity contribution is 5.40. The maximum atomic E-state index is 12.3. The third kappa shape index (κ3) is 0.251. The number of halogens is 4. The number of fused-ring (bicyclic) bond motifs is 1. The molecular weight excluding hydrogens is 136 g/mol. The Hall–Kier alpha value is -0.280. The quantitative estimate of drug-likeness (QED) is 0.450. The van der Waals surface area contributed by atoms with Crippen LogP contribution in [0.15, 0.2) is 0 Å². The third-order valence-electron chi connectivity index (χ3n) is 2.37. The van der Waals surface area contributed by atoms with Crippen molar-refractivity contribution in [3.63, 3.8) is 0 Å². The van der Waals surface area contributed by atoms with Crippen molar-refractivity contribution in [2.75, 3.05) is 0 Å². The fourth-order valence-corrected chi connectivity index (χ4v) is 1.41. The van der Waals surface area contributed by atoms with Gasteiger partial charge in [0.25, 0.3) is 0 Å². The van der Waals surface area contributed by atoms with Crippen molar-refractivity contribution in [1.82, 2.24) is 0 Å². The van der Waals surface area contributed by atoms with Crippen LogP contribution >= 0.6 is 0 Å².